The SMILES string of the molecule is C=C/C=C\C(=C/C)c1cc2c(-c3nc4c(-c5ccc(C(=C)C)s5)cccc4[nH]3)n[nH]c2cn1. The molecule has 4 heterocycles. The topological polar surface area (TPSA) is 70.2 Å². The van der Waals surface area contributed by atoms with Gasteiger partial charge in [0.2, 0.25) is 0 Å². The number of benzene rings is 1. The Morgan fingerprint density at radius 1 is 1.15 bits per heavy atom. The van der Waals surface area contributed by atoms with Crippen LogP contribution in [0.2, 0.25) is 0 Å². The van der Waals surface area contributed by atoms with E-state index >= 15 is 0 Å². The number of H-pyrrole nitrogens is 2. The Bertz CT molecular complexity index is 1570. The van der Waals surface area contributed by atoms with Crippen molar-refractivity contribution in [3.8, 4) is 22.0 Å². The summed E-state index contributed by atoms with van der Waals surface area (Å²) in [5.41, 5.74) is 7.58. The Hall–Kier alpha value is -4.03. The lowest BCUT2D eigenvalue weighted by Crippen LogP contribution is -1.87. The van der Waals surface area contributed by atoms with E-state index in [9.17, 15) is 0 Å². The van der Waals surface area contributed by atoms with Crippen LogP contribution in [0.25, 0.3) is 55.0 Å². The monoisotopic (exact) mass is 449 g/mol. The fourth-order valence-electron chi connectivity index (χ4n) is 3.81. The van der Waals surface area contributed by atoms with Gasteiger partial charge < -0.3 is 4.98 Å². The minimum atomic E-state index is 0.723. The van der Waals surface area contributed by atoms with Gasteiger partial charge in [0, 0.05) is 20.7 Å². The first-order valence-electron chi connectivity index (χ1n) is 10.6. The molecular formula is C27H23N5S. The van der Waals surface area contributed by atoms with Crippen molar-refractivity contribution in [1.29, 1.82) is 0 Å². The normalized spacial score (nSPS) is 12.2. The summed E-state index contributed by atoms with van der Waals surface area (Å²) in [6.45, 7) is 11.8. The fraction of sp³-hybridized carbons (Fsp3) is 0.0741. The third kappa shape index (κ3) is 3.75. The summed E-state index contributed by atoms with van der Waals surface area (Å²) in [5.74, 6) is 0.723. The van der Waals surface area contributed by atoms with Crippen molar-refractivity contribution in [3.63, 3.8) is 0 Å². The number of imidazole rings is 1. The average Bonchev–Trinajstić information content (AvgIpc) is 3.56. The van der Waals surface area contributed by atoms with Crippen molar-refractivity contribution in [1.82, 2.24) is 25.1 Å². The molecule has 1 aromatic carbocycles. The zero-order valence-corrected chi connectivity index (χ0v) is 19.3. The molecule has 5 nitrogen and oxygen atoms in total. The number of rotatable bonds is 6. The Labute approximate surface area is 195 Å². The second kappa shape index (κ2) is 8.48. The van der Waals surface area contributed by atoms with E-state index in [0.717, 1.165) is 55.9 Å². The number of hydrogen-bond acceptors (Lipinski definition) is 4. The molecule has 0 aliphatic heterocycles. The molecule has 4 aromatic heterocycles. The zero-order valence-electron chi connectivity index (χ0n) is 18.5. The van der Waals surface area contributed by atoms with Gasteiger partial charge in [0.15, 0.2) is 5.82 Å². The standard InChI is InChI=1S/C27H23N5S/c1-5-7-9-17(6-2)21-14-19-22(15-28-21)31-32-26(19)27-29-20-11-8-10-18(25(20)30-27)24-13-12-23(33-24)16(3)4/h5-15H,1,3H2,2,4H3,(H,29,30)(H,31,32)/b9-7-,17-6+. The van der Waals surface area contributed by atoms with Crippen LogP contribution in [0.3, 0.4) is 0 Å². The molecule has 0 saturated heterocycles. The molecule has 2 N–H and O–H groups in total. The van der Waals surface area contributed by atoms with E-state index < -0.39 is 0 Å². The van der Waals surface area contributed by atoms with Crippen LogP contribution >= 0.6 is 11.3 Å². The maximum atomic E-state index is 4.96. The molecule has 0 fully saturated rings. The number of pyridine rings is 1. The lowest BCUT2D eigenvalue weighted by Gasteiger charge is -2.01. The predicted molar refractivity (Wildman–Crippen MR) is 140 cm³/mol. The van der Waals surface area contributed by atoms with Crippen molar-refractivity contribution in [2.24, 2.45) is 0 Å². The van der Waals surface area contributed by atoms with Gasteiger partial charge in [0.1, 0.15) is 5.69 Å². The number of allylic oxidation sites excluding steroid dienone is 6. The van der Waals surface area contributed by atoms with Crippen LogP contribution < -0.4 is 0 Å². The van der Waals surface area contributed by atoms with Gasteiger partial charge >= 0.3 is 0 Å². The molecule has 0 spiro atoms. The molecule has 5 aromatic rings. The number of aromatic nitrogens is 5. The van der Waals surface area contributed by atoms with Gasteiger partial charge in [-0.15, -0.1) is 11.3 Å². The van der Waals surface area contributed by atoms with Gasteiger partial charge in [-0.25, -0.2) is 4.98 Å². The maximum absolute atomic E-state index is 4.96. The maximum Gasteiger partial charge on any atom is 0.159 e. The molecule has 0 amide bonds. The summed E-state index contributed by atoms with van der Waals surface area (Å²) in [5, 5.41) is 8.61. The van der Waals surface area contributed by atoms with Crippen LogP contribution in [0.15, 0.2) is 80.1 Å². The van der Waals surface area contributed by atoms with E-state index in [-0.39, 0.29) is 0 Å². The van der Waals surface area contributed by atoms with Gasteiger partial charge in [0.05, 0.1) is 28.4 Å². The number of fused-ring (bicyclic) bond motifs is 2. The third-order valence-electron chi connectivity index (χ3n) is 5.49. The van der Waals surface area contributed by atoms with Crippen molar-refractivity contribution >= 4 is 44.4 Å². The average molecular weight is 450 g/mol. The smallest absolute Gasteiger partial charge is 0.159 e. The summed E-state index contributed by atoms with van der Waals surface area (Å²) in [6, 6.07) is 12.5. The molecule has 0 unspecified atom stereocenters. The van der Waals surface area contributed by atoms with Crippen LogP contribution in [0.4, 0.5) is 0 Å². The van der Waals surface area contributed by atoms with Crippen molar-refractivity contribution in [2.75, 3.05) is 0 Å². The Balaban J connectivity index is 1.63. The van der Waals surface area contributed by atoms with Gasteiger partial charge in [0.25, 0.3) is 0 Å². The highest BCUT2D eigenvalue weighted by Crippen LogP contribution is 2.36. The van der Waals surface area contributed by atoms with Crippen molar-refractivity contribution in [3.05, 3.63) is 90.6 Å². The minimum absolute atomic E-state index is 0.723. The molecule has 6 heteroatoms. The fourth-order valence-corrected chi connectivity index (χ4v) is 4.77. The van der Waals surface area contributed by atoms with E-state index in [4.69, 9.17) is 4.98 Å². The predicted octanol–water partition coefficient (Wildman–Crippen LogP) is 7.41. The Morgan fingerprint density at radius 3 is 2.79 bits per heavy atom. The second-order valence-electron chi connectivity index (χ2n) is 7.76. The Kier molecular flexibility index (Phi) is 5.36. The van der Waals surface area contributed by atoms with Crippen LogP contribution in [0.1, 0.15) is 24.4 Å². The van der Waals surface area contributed by atoms with Crippen LogP contribution in [-0.2, 0) is 0 Å². The van der Waals surface area contributed by atoms with Crippen LogP contribution in [-0.4, -0.2) is 25.1 Å². The highest BCUT2D eigenvalue weighted by Gasteiger charge is 2.17. The van der Waals surface area contributed by atoms with E-state index in [2.05, 4.69) is 57.6 Å². The van der Waals surface area contributed by atoms with Crippen molar-refractivity contribution in [2.45, 2.75) is 13.8 Å². The van der Waals surface area contributed by atoms with E-state index in [1.165, 1.54) is 9.75 Å². The largest absolute Gasteiger partial charge is 0.337 e. The van der Waals surface area contributed by atoms with Gasteiger partial charge in [-0.2, -0.15) is 5.10 Å². The summed E-state index contributed by atoms with van der Waals surface area (Å²) in [4.78, 5) is 15.4. The van der Waals surface area contributed by atoms with Gasteiger partial charge in [-0.05, 0) is 49.3 Å². The molecule has 162 valence electrons. The molecule has 0 aliphatic carbocycles. The number of para-hydroxylation sites is 1. The van der Waals surface area contributed by atoms with E-state index in [0.29, 0.717) is 0 Å². The second-order valence-corrected chi connectivity index (χ2v) is 8.84. The molecule has 0 aliphatic rings. The van der Waals surface area contributed by atoms with Crippen LogP contribution in [0.5, 0.6) is 0 Å². The first-order valence-corrected chi connectivity index (χ1v) is 11.5. The number of aromatic amines is 2. The third-order valence-corrected chi connectivity index (χ3v) is 6.78. The summed E-state index contributed by atoms with van der Waals surface area (Å²) < 4.78 is 0. The highest BCUT2D eigenvalue weighted by molar-refractivity contribution is 7.16. The zero-order chi connectivity index (χ0) is 22.9. The Morgan fingerprint density at radius 2 is 2.03 bits per heavy atom. The number of hydrogen-bond donors (Lipinski definition) is 2. The first kappa shape index (κ1) is 20.8. The van der Waals surface area contributed by atoms with Gasteiger partial charge in [-0.1, -0.05) is 49.6 Å². The summed E-state index contributed by atoms with van der Waals surface area (Å²) >= 11 is 1.73. The van der Waals surface area contributed by atoms with E-state index in [1.807, 2.05) is 50.4 Å². The molecule has 0 saturated carbocycles. The molecule has 0 bridgehead atoms. The quantitative estimate of drug-likeness (QED) is 0.265. The molecule has 33 heavy (non-hydrogen) atoms. The van der Waals surface area contributed by atoms with Gasteiger partial charge in [-0.3, -0.25) is 10.1 Å². The lowest BCUT2D eigenvalue weighted by atomic mass is 10.1. The molecule has 0 radical (unpaired) electrons. The number of nitrogens with one attached hydrogen (secondary N) is 2. The highest BCUT2D eigenvalue weighted by atomic mass is 32.1. The number of nitrogens with zero attached hydrogens (tertiary/aromatic N) is 3. The van der Waals surface area contributed by atoms with Crippen LogP contribution in [0, 0.1) is 0 Å². The minimum Gasteiger partial charge on any atom is -0.337 e. The van der Waals surface area contributed by atoms with E-state index in [1.54, 1.807) is 17.4 Å². The molecule has 0 atom stereocenters. The lowest BCUT2D eigenvalue weighted by molar-refractivity contribution is 1.10. The molecular weight excluding hydrogens is 426 g/mol. The summed E-state index contributed by atoms with van der Waals surface area (Å²) in [7, 11) is 0. The number of thiophene rings is 1. The first-order chi connectivity index (χ1) is 16.1. The summed E-state index contributed by atoms with van der Waals surface area (Å²) in [6.07, 6.45) is 9.49. The molecule has 5 rings (SSSR count). The van der Waals surface area contributed by atoms with Crippen molar-refractivity contribution < 1.29 is 0 Å².